The molecule has 0 aliphatic heterocycles. The molecule has 0 saturated heterocycles. The minimum absolute atomic E-state index is 0.133. The summed E-state index contributed by atoms with van der Waals surface area (Å²) >= 11 is 0. The van der Waals surface area contributed by atoms with Crippen LogP contribution in [0.1, 0.15) is 38.8 Å². The summed E-state index contributed by atoms with van der Waals surface area (Å²) in [5, 5.41) is 8.65. The van der Waals surface area contributed by atoms with Crippen LogP contribution < -0.4 is 5.73 Å². The van der Waals surface area contributed by atoms with E-state index in [9.17, 15) is 8.42 Å². The Bertz CT molecular complexity index is 571. The van der Waals surface area contributed by atoms with Crippen molar-refractivity contribution in [2.24, 2.45) is 5.73 Å². The third-order valence-corrected chi connectivity index (χ3v) is 5.12. The standard InChI is InChI=1S/C14H21N3O2S/c1-11(2)17(10-4-9-15)20(18,19)14-7-5-13(6-8-14)12(3)16/h5-8,11-12H,4,10,16H2,1-3H3. The molecule has 0 heterocycles. The first kappa shape index (κ1) is 16.6. The summed E-state index contributed by atoms with van der Waals surface area (Å²) < 4.78 is 26.4. The van der Waals surface area contributed by atoms with Crippen LogP contribution in [0.2, 0.25) is 0 Å². The van der Waals surface area contributed by atoms with E-state index in [-0.39, 0.29) is 29.9 Å². The zero-order valence-electron chi connectivity index (χ0n) is 12.1. The quantitative estimate of drug-likeness (QED) is 0.869. The number of sulfonamides is 1. The van der Waals surface area contributed by atoms with Crippen molar-refractivity contribution in [3.05, 3.63) is 29.8 Å². The minimum Gasteiger partial charge on any atom is -0.324 e. The second-order valence-corrected chi connectivity index (χ2v) is 6.87. The van der Waals surface area contributed by atoms with Crippen LogP contribution in [0.3, 0.4) is 0 Å². The summed E-state index contributed by atoms with van der Waals surface area (Å²) in [7, 11) is -3.57. The van der Waals surface area contributed by atoms with Crippen molar-refractivity contribution in [2.75, 3.05) is 6.54 Å². The summed E-state index contributed by atoms with van der Waals surface area (Å²) in [5.41, 5.74) is 6.64. The lowest BCUT2D eigenvalue weighted by Crippen LogP contribution is -2.37. The number of hydrogen-bond donors (Lipinski definition) is 1. The zero-order chi connectivity index (χ0) is 15.3. The summed E-state index contributed by atoms with van der Waals surface area (Å²) in [6.07, 6.45) is 0.176. The normalized spacial score (nSPS) is 13.4. The van der Waals surface area contributed by atoms with Gasteiger partial charge in [0.2, 0.25) is 10.0 Å². The van der Waals surface area contributed by atoms with Crippen LogP contribution in [0.25, 0.3) is 0 Å². The van der Waals surface area contributed by atoms with Gasteiger partial charge in [-0.05, 0) is 38.5 Å². The minimum atomic E-state index is -3.57. The van der Waals surface area contributed by atoms with Crippen LogP contribution in [0, 0.1) is 11.3 Å². The fourth-order valence-electron chi connectivity index (χ4n) is 1.89. The second kappa shape index (κ2) is 6.84. The molecule has 20 heavy (non-hydrogen) atoms. The maximum atomic E-state index is 12.5. The molecule has 1 aromatic rings. The Labute approximate surface area is 121 Å². The van der Waals surface area contributed by atoms with Crippen molar-refractivity contribution in [3.8, 4) is 6.07 Å². The first-order chi connectivity index (χ1) is 9.30. The molecular weight excluding hydrogens is 274 g/mol. The van der Waals surface area contributed by atoms with Crippen molar-refractivity contribution < 1.29 is 8.42 Å². The molecule has 0 amide bonds. The number of nitrogens with two attached hydrogens (primary N) is 1. The molecule has 0 fully saturated rings. The molecule has 1 atom stereocenters. The number of rotatable bonds is 6. The molecule has 0 spiro atoms. The maximum Gasteiger partial charge on any atom is 0.243 e. The molecule has 5 nitrogen and oxygen atoms in total. The van der Waals surface area contributed by atoms with Gasteiger partial charge < -0.3 is 5.73 Å². The molecule has 0 bridgehead atoms. The van der Waals surface area contributed by atoms with Gasteiger partial charge in [-0.3, -0.25) is 0 Å². The van der Waals surface area contributed by atoms with E-state index in [1.165, 1.54) is 4.31 Å². The van der Waals surface area contributed by atoms with Gasteiger partial charge in [-0.15, -0.1) is 0 Å². The van der Waals surface area contributed by atoms with Crippen LogP contribution in [-0.2, 0) is 10.0 Å². The predicted octanol–water partition coefficient (Wildman–Crippen LogP) is 2.02. The van der Waals surface area contributed by atoms with E-state index in [0.717, 1.165) is 5.56 Å². The van der Waals surface area contributed by atoms with Gasteiger partial charge in [0.15, 0.2) is 0 Å². The number of benzene rings is 1. The van der Waals surface area contributed by atoms with E-state index in [4.69, 9.17) is 11.0 Å². The highest BCUT2D eigenvalue weighted by atomic mass is 32.2. The second-order valence-electron chi connectivity index (χ2n) is 4.98. The first-order valence-corrected chi connectivity index (χ1v) is 7.99. The van der Waals surface area contributed by atoms with Crippen LogP contribution in [0.4, 0.5) is 0 Å². The number of nitrogens with zero attached hydrogens (tertiary/aromatic N) is 2. The van der Waals surface area contributed by atoms with Crippen molar-refractivity contribution in [2.45, 2.75) is 44.2 Å². The first-order valence-electron chi connectivity index (χ1n) is 6.55. The summed E-state index contributed by atoms with van der Waals surface area (Å²) in [6.45, 7) is 5.64. The summed E-state index contributed by atoms with van der Waals surface area (Å²) in [4.78, 5) is 0.230. The van der Waals surface area contributed by atoms with Gasteiger partial charge in [0, 0.05) is 25.0 Å². The van der Waals surface area contributed by atoms with Crippen LogP contribution in [0.15, 0.2) is 29.2 Å². The fourth-order valence-corrected chi connectivity index (χ4v) is 3.53. The average molecular weight is 295 g/mol. The molecule has 1 unspecified atom stereocenters. The summed E-state index contributed by atoms with van der Waals surface area (Å²) in [6, 6.07) is 8.23. The predicted molar refractivity (Wildman–Crippen MR) is 78.3 cm³/mol. The molecular formula is C14H21N3O2S. The van der Waals surface area contributed by atoms with Crippen molar-refractivity contribution in [3.63, 3.8) is 0 Å². The Morgan fingerprint density at radius 2 is 1.80 bits per heavy atom. The van der Waals surface area contributed by atoms with Gasteiger partial charge in [0.05, 0.1) is 11.0 Å². The lowest BCUT2D eigenvalue weighted by molar-refractivity contribution is 0.360. The highest BCUT2D eigenvalue weighted by Gasteiger charge is 2.26. The Kier molecular flexibility index (Phi) is 5.69. The Morgan fingerprint density at radius 3 is 2.20 bits per heavy atom. The SMILES string of the molecule is CC(N)c1ccc(S(=O)(=O)N(CCC#N)C(C)C)cc1. The van der Waals surface area contributed by atoms with E-state index in [2.05, 4.69) is 0 Å². The van der Waals surface area contributed by atoms with Gasteiger partial charge in [-0.2, -0.15) is 9.57 Å². The molecule has 1 aromatic carbocycles. The molecule has 0 aromatic heterocycles. The lowest BCUT2D eigenvalue weighted by atomic mass is 10.1. The molecule has 0 aliphatic rings. The average Bonchev–Trinajstić information content (AvgIpc) is 2.38. The molecule has 2 N–H and O–H groups in total. The third-order valence-electron chi connectivity index (χ3n) is 3.03. The molecule has 6 heteroatoms. The highest BCUT2D eigenvalue weighted by molar-refractivity contribution is 7.89. The number of nitriles is 1. The molecule has 110 valence electrons. The maximum absolute atomic E-state index is 12.5. The van der Waals surface area contributed by atoms with Crippen molar-refractivity contribution >= 4 is 10.0 Å². The van der Waals surface area contributed by atoms with E-state index in [1.54, 1.807) is 38.1 Å². The van der Waals surface area contributed by atoms with E-state index >= 15 is 0 Å². The third kappa shape index (κ3) is 3.79. The Morgan fingerprint density at radius 1 is 1.25 bits per heavy atom. The largest absolute Gasteiger partial charge is 0.324 e. The van der Waals surface area contributed by atoms with Gasteiger partial charge in [0.25, 0.3) is 0 Å². The van der Waals surface area contributed by atoms with Crippen molar-refractivity contribution in [1.82, 2.24) is 4.31 Å². The van der Waals surface area contributed by atoms with Gasteiger partial charge in [-0.1, -0.05) is 12.1 Å². The van der Waals surface area contributed by atoms with Crippen molar-refractivity contribution in [1.29, 1.82) is 5.26 Å². The highest BCUT2D eigenvalue weighted by Crippen LogP contribution is 2.20. The molecule has 0 radical (unpaired) electrons. The van der Waals surface area contributed by atoms with Gasteiger partial charge >= 0.3 is 0 Å². The van der Waals surface area contributed by atoms with Crippen LogP contribution in [0.5, 0.6) is 0 Å². The van der Waals surface area contributed by atoms with Gasteiger partial charge in [0.1, 0.15) is 0 Å². The topological polar surface area (TPSA) is 87.2 Å². The fraction of sp³-hybridized carbons (Fsp3) is 0.500. The van der Waals surface area contributed by atoms with E-state index in [1.807, 2.05) is 13.0 Å². The molecule has 0 saturated carbocycles. The smallest absolute Gasteiger partial charge is 0.243 e. The zero-order valence-corrected chi connectivity index (χ0v) is 12.9. The summed E-state index contributed by atoms with van der Waals surface area (Å²) in [5.74, 6) is 0. The lowest BCUT2D eigenvalue weighted by Gasteiger charge is -2.25. The number of hydrogen-bond acceptors (Lipinski definition) is 4. The monoisotopic (exact) mass is 295 g/mol. The van der Waals surface area contributed by atoms with Gasteiger partial charge in [-0.25, -0.2) is 8.42 Å². The van der Waals surface area contributed by atoms with E-state index < -0.39 is 10.0 Å². The van der Waals surface area contributed by atoms with E-state index in [0.29, 0.717) is 0 Å². The Balaban J connectivity index is 3.10. The van der Waals surface area contributed by atoms with Crippen LogP contribution in [-0.4, -0.2) is 25.3 Å². The van der Waals surface area contributed by atoms with Crippen LogP contribution >= 0.6 is 0 Å². The molecule has 1 rings (SSSR count). The molecule has 0 aliphatic carbocycles. The Hall–Kier alpha value is -1.42.